The molecule has 1 heterocycles. The number of quaternary nitrogens is 1. The zero-order valence-corrected chi connectivity index (χ0v) is 21.4. The molecule has 1 unspecified atom stereocenters. The van der Waals surface area contributed by atoms with Crippen LogP contribution in [-0.2, 0) is 19.6 Å². The van der Waals surface area contributed by atoms with Gasteiger partial charge in [-0.1, -0.05) is 50.5 Å². The van der Waals surface area contributed by atoms with Crippen LogP contribution in [0.25, 0.3) is 0 Å². The molecule has 0 aliphatic carbocycles. The normalized spacial score (nSPS) is 15.8. The number of sulfonamides is 1. The van der Waals surface area contributed by atoms with E-state index in [1.165, 1.54) is 30.0 Å². The first-order chi connectivity index (χ1) is 14.4. The van der Waals surface area contributed by atoms with Gasteiger partial charge in [-0.25, -0.2) is 8.42 Å². The van der Waals surface area contributed by atoms with Crippen molar-refractivity contribution in [1.29, 1.82) is 0 Å². The highest BCUT2D eigenvalue weighted by Gasteiger charge is 2.36. The van der Waals surface area contributed by atoms with Crippen LogP contribution in [0.3, 0.4) is 0 Å². The van der Waals surface area contributed by atoms with Crippen LogP contribution in [0.1, 0.15) is 56.2 Å². The van der Waals surface area contributed by atoms with Crippen molar-refractivity contribution in [2.45, 2.75) is 50.0 Å². The Balaban J connectivity index is 0.00000113. The molecule has 0 saturated heterocycles. The van der Waals surface area contributed by atoms with Crippen LogP contribution in [0.2, 0.25) is 0 Å². The van der Waals surface area contributed by atoms with Gasteiger partial charge in [0.2, 0.25) is 0 Å². The monoisotopic (exact) mass is 578 g/mol. The van der Waals surface area contributed by atoms with Gasteiger partial charge in [0.1, 0.15) is 6.04 Å². The highest BCUT2D eigenvalue weighted by molar-refractivity contribution is 14.1. The summed E-state index contributed by atoms with van der Waals surface area (Å²) >= 11 is 2.18. The number of nitrogens with two attached hydrogens (primary N) is 1. The van der Waals surface area contributed by atoms with Gasteiger partial charge in [-0.15, -0.1) is 0 Å². The molecule has 9 heteroatoms. The summed E-state index contributed by atoms with van der Waals surface area (Å²) < 4.78 is 28.9. The van der Waals surface area contributed by atoms with Gasteiger partial charge in [-0.2, -0.15) is 9.59 Å². The molecule has 0 radical (unpaired) electrons. The Morgan fingerprint density at radius 2 is 1.68 bits per heavy atom. The zero-order valence-electron chi connectivity index (χ0n) is 17.7. The van der Waals surface area contributed by atoms with E-state index in [4.69, 9.17) is 9.59 Å². The lowest BCUT2D eigenvalue weighted by atomic mass is 9.96. The Morgan fingerprint density at radius 3 is 2.35 bits per heavy atom. The van der Waals surface area contributed by atoms with Crippen LogP contribution >= 0.6 is 22.6 Å². The molecule has 31 heavy (non-hydrogen) atoms. The maximum Gasteiger partial charge on any atom is 0.373 e. The number of anilines is 1. The topological polar surface area (TPSA) is 88.1 Å². The van der Waals surface area contributed by atoms with E-state index in [0.29, 0.717) is 4.90 Å². The highest BCUT2D eigenvalue weighted by atomic mass is 127. The number of fused-ring (bicyclic) bond motifs is 2. The fourth-order valence-corrected chi connectivity index (χ4v) is 5.95. The Kier molecular flexibility index (Phi) is 11.7. The van der Waals surface area contributed by atoms with Gasteiger partial charge in [-0.05, 0) is 53.6 Å². The lowest BCUT2D eigenvalue weighted by molar-refractivity contribution is -0.687. The summed E-state index contributed by atoms with van der Waals surface area (Å²) in [6.45, 7) is 3.22. The van der Waals surface area contributed by atoms with E-state index in [0.717, 1.165) is 33.4 Å². The first-order valence-electron chi connectivity index (χ1n) is 10.1. The minimum absolute atomic E-state index is 0. The lowest BCUT2D eigenvalue weighted by Crippen LogP contribution is -3.00. The maximum atomic E-state index is 13.2. The quantitative estimate of drug-likeness (QED) is 0.382. The second-order valence-corrected chi connectivity index (χ2v) is 10.4. The smallest absolute Gasteiger partial charge is 0.373 e. The minimum Gasteiger partial charge on any atom is -1.00 e. The number of unbranched alkanes of at least 4 members (excludes halogenated alkanes) is 4. The summed E-state index contributed by atoms with van der Waals surface area (Å²) in [5.74, 6) is 0. The predicted octanol–water partition coefficient (Wildman–Crippen LogP) is 0.473. The van der Waals surface area contributed by atoms with Crippen molar-refractivity contribution >= 4 is 44.5 Å². The molecule has 0 aromatic heterocycles. The van der Waals surface area contributed by atoms with E-state index in [1.807, 2.05) is 30.3 Å². The molecular weight excluding hydrogens is 551 g/mol. The van der Waals surface area contributed by atoms with Crippen LogP contribution < -0.4 is 22.0 Å². The number of para-hydroxylation sites is 1. The Hall–Kier alpha value is -1.45. The third-order valence-electron chi connectivity index (χ3n) is 5.27. The van der Waals surface area contributed by atoms with Crippen molar-refractivity contribution in [2.75, 3.05) is 17.9 Å². The molecule has 0 saturated carbocycles. The molecule has 6 nitrogen and oxygen atoms in total. The second-order valence-electron chi connectivity index (χ2n) is 7.21. The van der Waals surface area contributed by atoms with E-state index < -0.39 is 10.0 Å². The molecule has 2 N–H and O–H groups in total. The van der Waals surface area contributed by atoms with Crippen LogP contribution in [-0.4, -0.2) is 28.2 Å². The van der Waals surface area contributed by atoms with Crippen LogP contribution in [0, 0.1) is 3.57 Å². The molecule has 3 rings (SSSR count). The standard InChI is InChI=1S/C21H27IN2O2S.CO2.ClH/c1-3-4-5-6-9-14-23-21-17-10-7-8-11-19(17)24(2)27(25,26)20-15-16(22)12-13-18(20)21;2-1-3;/h7-8,10-13,15,21,23H,3-6,9,14H2,1-2H3;;1H. The Morgan fingerprint density at radius 1 is 1.03 bits per heavy atom. The summed E-state index contributed by atoms with van der Waals surface area (Å²) in [7, 11) is -1.90. The van der Waals surface area contributed by atoms with Gasteiger partial charge in [0.15, 0.2) is 0 Å². The Bertz CT molecular complexity index is 995. The molecule has 0 bridgehead atoms. The van der Waals surface area contributed by atoms with Crippen molar-refractivity contribution in [3.63, 3.8) is 0 Å². The molecule has 2 aromatic rings. The molecule has 1 aliphatic heterocycles. The molecule has 1 atom stereocenters. The van der Waals surface area contributed by atoms with E-state index >= 15 is 0 Å². The van der Waals surface area contributed by atoms with Gasteiger partial charge < -0.3 is 17.7 Å². The molecule has 1 aliphatic rings. The molecular formula is C22H28ClIN2O4S. The van der Waals surface area contributed by atoms with Gasteiger partial charge in [-0.3, -0.25) is 4.31 Å². The summed E-state index contributed by atoms with van der Waals surface area (Å²) in [6.07, 6.45) is 6.45. The Labute approximate surface area is 204 Å². The van der Waals surface area contributed by atoms with Crippen molar-refractivity contribution < 1.29 is 35.7 Å². The molecule has 170 valence electrons. The molecule has 2 aromatic carbocycles. The highest BCUT2D eigenvalue weighted by Crippen LogP contribution is 2.38. The van der Waals surface area contributed by atoms with E-state index in [2.05, 4.69) is 40.9 Å². The van der Waals surface area contributed by atoms with Gasteiger partial charge in [0.05, 0.1) is 17.1 Å². The number of hydrogen-bond acceptors (Lipinski definition) is 4. The largest absolute Gasteiger partial charge is 1.00 e. The van der Waals surface area contributed by atoms with Gasteiger partial charge >= 0.3 is 6.15 Å². The van der Waals surface area contributed by atoms with Crippen LogP contribution in [0.15, 0.2) is 47.4 Å². The third-order valence-corrected chi connectivity index (χ3v) is 7.77. The van der Waals surface area contributed by atoms with Crippen molar-refractivity contribution in [3.8, 4) is 0 Å². The maximum absolute atomic E-state index is 13.2. The van der Waals surface area contributed by atoms with Crippen LogP contribution in [0.5, 0.6) is 0 Å². The van der Waals surface area contributed by atoms with Gasteiger partial charge in [0, 0.05) is 21.7 Å². The number of halogens is 2. The van der Waals surface area contributed by atoms with Crippen LogP contribution in [0.4, 0.5) is 5.69 Å². The molecule has 0 spiro atoms. The van der Waals surface area contributed by atoms with Gasteiger partial charge in [0.25, 0.3) is 10.0 Å². The summed E-state index contributed by atoms with van der Waals surface area (Å²) in [5.41, 5.74) is 2.73. The summed E-state index contributed by atoms with van der Waals surface area (Å²) in [6, 6.07) is 13.7. The minimum atomic E-state index is -3.56. The number of benzene rings is 2. The molecule has 0 amide bonds. The average Bonchev–Trinajstić information content (AvgIpc) is 2.79. The number of nitrogens with zero attached hydrogens (tertiary/aromatic N) is 1. The molecule has 0 fully saturated rings. The number of rotatable bonds is 7. The lowest BCUT2D eigenvalue weighted by Gasteiger charge is -2.20. The summed E-state index contributed by atoms with van der Waals surface area (Å²) in [5, 5.41) is 2.31. The van der Waals surface area contributed by atoms with Crippen molar-refractivity contribution in [1.82, 2.24) is 0 Å². The SMILES string of the molecule is CCCCCCC[NH2+]C1c2ccccc2N(C)S(=O)(=O)c2cc(I)ccc21.O=C=O.[Cl-]. The van der Waals surface area contributed by atoms with Crippen molar-refractivity contribution in [2.24, 2.45) is 0 Å². The summed E-state index contributed by atoms with van der Waals surface area (Å²) in [4.78, 5) is 16.7. The fraction of sp³-hybridized carbons (Fsp3) is 0.409. The first-order valence-corrected chi connectivity index (χ1v) is 12.6. The van der Waals surface area contributed by atoms with E-state index in [-0.39, 0.29) is 24.6 Å². The van der Waals surface area contributed by atoms with E-state index in [9.17, 15) is 8.42 Å². The fourth-order valence-electron chi connectivity index (χ4n) is 3.76. The number of carbonyl (C=O) groups excluding carboxylic acids is 2. The zero-order chi connectivity index (χ0) is 22.1. The van der Waals surface area contributed by atoms with E-state index in [1.54, 1.807) is 13.1 Å². The first kappa shape index (κ1) is 27.6. The number of hydrogen-bond donors (Lipinski definition) is 1. The third kappa shape index (κ3) is 6.76. The van der Waals surface area contributed by atoms with Crippen molar-refractivity contribution in [3.05, 3.63) is 57.2 Å². The average molecular weight is 579 g/mol. The second kappa shape index (κ2) is 13.2. The predicted molar refractivity (Wildman–Crippen MR) is 124 cm³/mol.